The SMILES string of the molecule is Cc1cc(C(C)(C)C)ccc1OC[C@H](O)Cn1c(=O)c(C#N)cn(C2CC2)c1=O. The van der Waals surface area contributed by atoms with Gasteiger partial charge < -0.3 is 9.84 Å². The maximum absolute atomic E-state index is 12.6. The van der Waals surface area contributed by atoms with Crippen molar-refractivity contribution >= 4 is 0 Å². The van der Waals surface area contributed by atoms with E-state index in [4.69, 9.17) is 4.74 Å². The standard InChI is InChI=1S/C22H27N3O4/c1-14-9-16(22(2,3)4)5-8-19(14)29-13-18(26)12-25-20(27)15(10-23)11-24(21(25)28)17-6-7-17/h5,8-9,11,17-18,26H,6-7,12-13H2,1-4H3/t18-/m1/s1. The molecule has 1 fully saturated rings. The Bertz CT molecular complexity index is 1070. The maximum atomic E-state index is 12.6. The summed E-state index contributed by atoms with van der Waals surface area (Å²) in [5, 5.41) is 19.6. The highest BCUT2D eigenvalue weighted by Crippen LogP contribution is 2.33. The van der Waals surface area contributed by atoms with Crippen LogP contribution in [0.15, 0.2) is 34.0 Å². The van der Waals surface area contributed by atoms with Crippen molar-refractivity contribution in [3.05, 3.63) is 61.9 Å². The number of nitrogens with zero attached hydrogens (tertiary/aromatic N) is 3. The van der Waals surface area contributed by atoms with Crippen molar-refractivity contribution in [1.82, 2.24) is 9.13 Å². The molecule has 3 rings (SSSR count). The second-order valence-electron chi connectivity index (χ2n) is 8.69. The van der Waals surface area contributed by atoms with Crippen molar-refractivity contribution in [2.45, 2.75) is 64.6 Å². The first kappa shape index (κ1) is 20.9. The molecule has 29 heavy (non-hydrogen) atoms. The van der Waals surface area contributed by atoms with Gasteiger partial charge in [0.05, 0.1) is 6.54 Å². The summed E-state index contributed by atoms with van der Waals surface area (Å²) in [6.07, 6.45) is 1.95. The van der Waals surface area contributed by atoms with Crippen molar-refractivity contribution in [1.29, 1.82) is 5.26 Å². The average Bonchev–Trinajstić information content (AvgIpc) is 3.48. The molecule has 2 aromatic rings. The van der Waals surface area contributed by atoms with E-state index in [0.29, 0.717) is 5.75 Å². The molecule has 0 amide bonds. The van der Waals surface area contributed by atoms with Crippen LogP contribution in [0.3, 0.4) is 0 Å². The highest BCUT2D eigenvalue weighted by molar-refractivity contribution is 5.38. The molecule has 1 N–H and O–H groups in total. The summed E-state index contributed by atoms with van der Waals surface area (Å²) in [6.45, 7) is 8.04. The fraction of sp³-hybridized carbons (Fsp3) is 0.500. The Kier molecular flexibility index (Phi) is 5.67. The van der Waals surface area contributed by atoms with E-state index in [0.717, 1.165) is 23.0 Å². The topological polar surface area (TPSA) is 97.2 Å². The van der Waals surface area contributed by atoms with Crippen LogP contribution in [0.1, 0.15) is 56.3 Å². The second kappa shape index (κ2) is 7.88. The predicted octanol–water partition coefficient (Wildman–Crippen LogP) is 2.26. The molecule has 0 spiro atoms. The average molecular weight is 397 g/mol. The quantitative estimate of drug-likeness (QED) is 0.806. The Labute approximate surface area is 169 Å². The summed E-state index contributed by atoms with van der Waals surface area (Å²) in [7, 11) is 0. The summed E-state index contributed by atoms with van der Waals surface area (Å²) in [5.74, 6) is 0.644. The van der Waals surface area contributed by atoms with Gasteiger partial charge in [-0.1, -0.05) is 32.9 Å². The molecule has 1 saturated carbocycles. The number of benzene rings is 1. The van der Waals surface area contributed by atoms with Gasteiger partial charge in [-0.05, 0) is 42.4 Å². The van der Waals surface area contributed by atoms with Crippen LogP contribution in [0.25, 0.3) is 0 Å². The third kappa shape index (κ3) is 4.60. The summed E-state index contributed by atoms with van der Waals surface area (Å²) in [6, 6.07) is 7.77. The normalized spacial score (nSPS) is 15.0. The number of ether oxygens (including phenoxy) is 1. The predicted molar refractivity (Wildman–Crippen MR) is 109 cm³/mol. The Morgan fingerprint density at radius 3 is 2.55 bits per heavy atom. The smallest absolute Gasteiger partial charge is 0.331 e. The minimum Gasteiger partial charge on any atom is -0.491 e. The summed E-state index contributed by atoms with van der Waals surface area (Å²) >= 11 is 0. The summed E-state index contributed by atoms with van der Waals surface area (Å²) in [4.78, 5) is 25.0. The van der Waals surface area contributed by atoms with Crippen LogP contribution in [-0.2, 0) is 12.0 Å². The van der Waals surface area contributed by atoms with E-state index in [9.17, 15) is 20.0 Å². The molecule has 1 aromatic carbocycles. The molecule has 0 aliphatic heterocycles. The van der Waals surface area contributed by atoms with Gasteiger partial charge in [0, 0.05) is 12.2 Å². The fourth-order valence-electron chi connectivity index (χ4n) is 3.20. The first-order valence-corrected chi connectivity index (χ1v) is 9.80. The highest BCUT2D eigenvalue weighted by atomic mass is 16.5. The maximum Gasteiger partial charge on any atom is 0.331 e. The zero-order chi connectivity index (χ0) is 21.3. The molecule has 1 aliphatic carbocycles. The van der Waals surface area contributed by atoms with Crippen LogP contribution in [0.4, 0.5) is 0 Å². The second-order valence-corrected chi connectivity index (χ2v) is 8.69. The Hall–Kier alpha value is -2.85. The molecule has 1 aromatic heterocycles. The summed E-state index contributed by atoms with van der Waals surface area (Å²) < 4.78 is 8.08. The van der Waals surface area contributed by atoms with Gasteiger partial charge in [-0.3, -0.25) is 13.9 Å². The molecule has 7 nitrogen and oxygen atoms in total. The Morgan fingerprint density at radius 1 is 1.31 bits per heavy atom. The van der Waals surface area contributed by atoms with Crippen LogP contribution >= 0.6 is 0 Å². The lowest BCUT2D eigenvalue weighted by Gasteiger charge is -2.21. The van der Waals surface area contributed by atoms with E-state index in [2.05, 4.69) is 26.8 Å². The molecule has 0 unspecified atom stereocenters. The van der Waals surface area contributed by atoms with Crippen molar-refractivity contribution in [3.8, 4) is 11.8 Å². The van der Waals surface area contributed by atoms with Crippen molar-refractivity contribution in [2.75, 3.05) is 6.61 Å². The van der Waals surface area contributed by atoms with E-state index < -0.39 is 17.4 Å². The number of aliphatic hydroxyl groups is 1. The number of aromatic nitrogens is 2. The Morgan fingerprint density at radius 2 is 2.00 bits per heavy atom. The van der Waals surface area contributed by atoms with Gasteiger partial charge in [-0.25, -0.2) is 4.79 Å². The van der Waals surface area contributed by atoms with Gasteiger partial charge in [0.1, 0.15) is 30.1 Å². The lowest BCUT2D eigenvalue weighted by molar-refractivity contribution is 0.0896. The fourth-order valence-corrected chi connectivity index (χ4v) is 3.20. The molecule has 1 aliphatic rings. The van der Waals surface area contributed by atoms with Crippen LogP contribution in [0.5, 0.6) is 5.75 Å². The number of aryl methyl sites for hydroxylation is 1. The lowest BCUT2D eigenvalue weighted by atomic mass is 9.86. The van der Waals surface area contributed by atoms with E-state index in [-0.39, 0.29) is 30.2 Å². The molecule has 154 valence electrons. The zero-order valence-electron chi connectivity index (χ0n) is 17.3. The van der Waals surface area contributed by atoms with Gasteiger partial charge in [0.15, 0.2) is 0 Å². The molecular weight excluding hydrogens is 370 g/mol. The molecule has 0 bridgehead atoms. The number of hydrogen-bond acceptors (Lipinski definition) is 5. The first-order valence-electron chi connectivity index (χ1n) is 9.80. The van der Waals surface area contributed by atoms with Gasteiger partial charge in [-0.2, -0.15) is 5.26 Å². The molecule has 1 atom stereocenters. The third-order valence-corrected chi connectivity index (χ3v) is 5.12. The van der Waals surface area contributed by atoms with E-state index in [1.54, 1.807) is 0 Å². The van der Waals surface area contributed by atoms with Crippen LogP contribution in [0, 0.1) is 18.3 Å². The first-order chi connectivity index (χ1) is 13.6. The van der Waals surface area contributed by atoms with Crippen molar-refractivity contribution < 1.29 is 9.84 Å². The van der Waals surface area contributed by atoms with E-state index in [1.165, 1.54) is 16.3 Å². The zero-order valence-corrected chi connectivity index (χ0v) is 17.3. The van der Waals surface area contributed by atoms with E-state index in [1.807, 2.05) is 25.1 Å². The van der Waals surface area contributed by atoms with Gasteiger partial charge in [0.2, 0.25) is 0 Å². The molecular formula is C22H27N3O4. The largest absolute Gasteiger partial charge is 0.491 e. The minimum absolute atomic E-state index is 0.0250. The van der Waals surface area contributed by atoms with Crippen molar-refractivity contribution in [3.63, 3.8) is 0 Å². The van der Waals surface area contributed by atoms with Gasteiger partial charge in [0.25, 0.3) is 5.56 Å². The van der Waals surface area contributed by atoms with Crippen LogP contribution in [-0.4, -0.2) is 27.0 Å². The summed E-state index contributed by atoms with van der Waals surface area (Å²) in [5.41, 5.74) is 0.878. The molecule has 0 radical (unpaired) electrons. The molecule has 1 heterocycles. The Balaban J connectivity index is 1.74. The number of aliphatic hydroxyl groups excluding tert-OH is 1. The molecule has 0 saturated heterocycles. The van der Waals surface area contributed by atoms with E-state index >= 15 is 0 Å². The van der Waals surface area contributed by atoms with Gasteiger partial charge >= 0.3 is 5.69 Å². The highest BCUT2D eigenvalue weighted by Gasteiger charge is 2.27. The van der Waals surface area contributed by atoms with Crippen LogP contribution in [0.2, 0.25) is 0 Å². The lowest BCUT2D eigenvalue weighted by Crippen LogP contribution is -2.44. The minimum atomic E-state index is -1.07. The van der Waals surface area contributed by atoms with Crippen LogP contribution < -0.4 is 16.0 Å². The number of rotatable bonds is 6. The number of nitriles is 1. The van der Waals surface area contributed by atoms with Gasteiger partial charge in [-0.15, -0.1) is 0 Å². The third-order valence-electron chi connectivity index (χ3n) is 5.12. The monoisotopic (exact) mass is 397 g/mol. The molecule has 7 heteroatoms. The van der Waals surface area contributed by atoms with Crippen molar-refractivity contribution in [2.24, 2.45) is 0 Å². The number of hydrogen-bond donors (Lipinski definition) is 1.